The van der Waals surface area contributed by atoms with Gasteiger partial charge in [0.1, 0.15) is 17.5 Å². The minimum atomic E-state index is -0.322. The predicted molar refractivity (Wildman–Crippen MR) is 103 cm³/mol. The summed E-state index contributed by atoms with van der Waals surface area (Å²) in [4.78, 5) is 25.6. The van der Waals surface area contributed by atoms with Crippen LogP contribution in [-0.2, 0) is 6.54 Å². The van der Waals surface area contributed by atoms with Crippen molar-refractivity contribution in [2.24, 2.45) is 4.99 Å². The maximum atomic E-state index is 12.7. The van der Waals surface area contributed by atoms with Gasteiger partial charge >= 0.3 is 0 Å². The summed E-state index contributed by atoms with van der Waals surface area (Å²) >= 11 is 0. The van der Waals surface area contributed by atoms with Crippen LogP contribution < -0.4 is 5.32 Å². The third-order valence-electron chi connectivity index (χ3n) is 4.87. The highest BCUT2D eigenvalue weighted by Gasteiger charge is 2.22. The maximum Gasteiger partial charge on any atom is 0.274 e. The molecule has 0 aliphatic carbocycles. The number of nitrogens with one attached hydrogen (secondary N) is 1. The van der Waals surface area contributed by atoms with Crippen LogP contribution in [-0.4, -0.2) is 21.6 Å². The average Bonchev–Trinajstić information content (AvgIpc) is 3.29. The van der Waals surface area contributed by atoms with Crippen molar-refractivity contribution in [2.75, 3.05) is 5.32 Å². The van der Waals surface area contributed by atoms with Crippen LogP contribution in [0.2, 0.25) is 0 Å². The number of pyridine rings is 1. The Morgan fingerprint density at radius 1 is 1.18 bits per heavy atom. The van der Waals surface area contributed by atoms with E-state index < -0.39 is 0 Å². The topological polar surface area (TPSA) is 104 Å². The molecule has 2 aromatic heterocycles. The van der Waals surface area contributed by atoms with Crippen molar-refractivity contribution >= 4 is 17.3 Å². The number of nitrogens with zero attached hydrogens (tertiary/aromatic N) is 4. The predicted octanol–water partition coefficient (Wildman–Crippen LogP) is 3.47. The van der Waals surface area contributed by atoms with E-state index >= 15 is 0 Å². The fraction of sp³-hybridized carbons (Fsp3) is 0.190. The maximum absolute atomic E-state index is 12.7. The number of amides is 1. The molecular weight excluding hydrogens is 354 g/mol. The third kappa shape index (κ3) is 2.95. The summed E-state index contributed by atoms with van der Waals surface area (Å²) in [5, 5.41) is 12.0. The van der Waals surface area contributed by atoms with Crippen molar-refractivity contribution in [3.05, 3.63) is 75.8 Å². The molecule has 1 N–H and O–H groups in total. The Balaban J connectivity index is 1.62. The molecule has 1 aromatic carbocycles. The van der Waals surface area contributed by atoms with Crippen LogP contribution in [0.25, 0.3) is 0 Å². The molecule has 3 aromatic rings. The highest BCUT2D eigenvalue weighted by atomic mass is 16.4. The lowest BCUT2D eigenvalue weighted by atomic mass is 10.0. The summed E-state index contributed by atoms with van der Waals surface area (Å²) in [7, 11) is 0. The van der Waals surface area contributed by atoms with E-state index in [1.165, 1.54) is 6.20 Å². The average molecular weight is 371 g/mol. The Bertz CT molecular complexity index is 1180. The van der Waals surface area contributed by atoms with Crippen molar-refractivity contribution in [3.63, 3.8) is 0 Å². The number of rotatable bonds is 3. The lowest BCUT2D eigenvalue weighted by Gasteiger charge is -2.11. The number of anilines is 1. The fourth-order valence-corrected chi connectivity index (χ4v) is 3.18. The molecule has 1 aliphatic rings. The van der Waals surface area contributed by atoms with Crippen molar-refractivity contribution in [3.8, 4) is 6.07 Å². The SMILES string of the molecule is Cc1ncc(C2=NCc3ccc(NC(=O)c4ncc(C#N)c(C)c4C)cc32)o1. The molecule has 1 aliphatic heterocycles. The zero-order valence-corrected chi connectivity index (χ0v) is 15.7. The smallest absolute Gasteiger partial charge is 0.274 e. The van der Waals surface area contributed by atoms with E-state index in [1.54, 1.807) is 20.0 Å². The molecule has 0 atom stereocenters. The molecule has 0 fully saturated rings. The summed E-state index contributed by atoms with van der Waals surface area (Å²) in [5.41, 5.74) is 5.56. The van der Waals surface area contributed by atoms with Gasteiger partial charge in [0.25, 0.3) is 5.91 Å². The molecule has 138 valence electrons. The van der Waals surface area contributed by atoms with Crippen molar-refractivity contribution in [1.82, 2.24) is 9.97 Å². The molecule has 0 radical (unpaired) electrons. The number of oxazole rings is 1. The molecule has 0 spiro atoms. The molecule has 0 bridgehead atoms. The van der Waals surface area contributed by atoms with Gasteiger partial charge in [0.05, 0.1) is 18.3 Å². The van der Waals surface area contributed by atoms with Crippen LogP contribution in [0.4, 0.5) is 5.69 Å². The number of benzene rings is 1. The number of hydrogen-bond acceptors (Lipinski definition) is 6. The van der Waals surface area contributed by atoms with Gasteiger partial charge in [-0.1, -0.05) is 6.07 Å². The number of carbonyl (C=O) groups is 1. The molecule has 7 heteroatoms. The van der Waals surface area contributed by atoms with E-state index in [-0.39, 0.29) is 5.91 Å². The molecule has 1 amide bonds. The number of hydrogen-bond donors (Lipinski definition) is 1. The van der Waals surface area contributed by atoms with Crippen LogP contribution >= 0.6 is 0 Å². The second kappa shape index (κ2) is 6.74. The lowest BCUT2D eigenvalue weighted by molar-refractivity contribution is 0.102. The van der Waals surface area contributed by atoms with Crippen molar-refractivity contribution in [2.45, 2.75) is 27.3 Å². The number of fused-ring (bicyclic) bond motifs is 1. The van der Waals surface area contributed by atoms with Gasteiger partial charge in [0, 0.05) is 24.4 Å². The first-order valence-corrected chi connectivity index (χ1v) is 8.76. The van der Waals surface area contributed by atoms with Crippen LogP contribution in [0.3, 0.4) is 0 Å². The van der Waals surface area contributed by atoms with Gasteiger partial charge in [-0.2, -0.15) is 5.26 Å². The summed E-state index contributed by atoms with van der Waals surface area (Å²) in [6.45, 7) is 5.95. The Labute approximate surface area is 161 Å². The van der Waals surface area contributed by atoms with Gasteiger partial charge in [0.2, 0.25) is 0 Å². The Kier molecular flexibility index (Phi) is 4.24. The number of aromatic nitrogens is 2. The zero-order valence-electron chi connectivity index (χ0n) is 15.7. The standard InChI is InChI=1S/C21H17N5O2/c1-11-12(2)19(24-9-15(11)7-22)21(27)26-16-5-4-14-8-25-20(17(14)6-16)18-10-23-13(3)28-18/h4-6,9-10H,8H2,1-3H3,(H,26,27). The molecule has 0 unspecified atom stereocenters. The monoisotopic (exact) mass is 371 g/mol. The van der Waals surface area contributed by atoms with E-state index in [1.807, 2.05) is 25.1 Å². The highest BCUT2D eigenvalue weighted by molar-refractivity contribution is 6.14. The summed E-state index contributed by atoms with van der Waals surface area (Å²) in [6.07, 6.45) is 3.08. The molecule has 0 saturated carbocycles. The van der Waals surface area contributed by atoms with Gasteiger partial charge in [-0.15, -0.1) is 0 Å². The van der Waals surface area contributed by atoms with Crippen molar-refractivity contribution < 1.29 is 9.21 Å². The van der Waals surface area contributed by atoms with Crippen LogP contribution in [0.1, 0.15) is 50.0 Å². The van der Waals surface area contributed by atoms with Gasteiger partial charge in [0.15, 0.2) is 11.7 Å². The summed E-state index contributed by atoms with van der Waals surface area (Å²) in [5.74, 6) is 0.866. The number of aliphatic imine (C=N–C) groups is 1. The van der Waals surface area contributed by atoms with E-state index in [0.29, 0.717) is 40.7 Å². The first-order chi connectivity index (χ1) is 13.5. The Morgan fingerprint density at radius 3 is 2.71 bits per heavy atom. The quantitative estimate of drug-likeness (QED) is 0.759. The second-order valence-corrected chi connectivity index (χ2v) is 6.62. The number of aryl methyl sites for hydroxylation is 1. The minimum Gasteiger partial charge on any atom is -0.439 e. The van der Waals surface area contributed by atoms with Gasteiger partial charge < -0.3 is 9.73 Å². The number of nitriles is 1. The minimum absolute atomic E-state index is 0.303. The zero-order chi connectivity index (χ0) is 19.8. The van der Waals surface area contributed by atoms with Crippen LogP contribution in [0.15, 0.2) is 40.0 Å². The van der Waals surface area contributed by atoms with Crippen LogP contribution in [0, 0.1) is 32.1 Å². The molecule has 3 heterocycles. The molecule has 4 rings (SSSR count). The van der Waals surface area contributed by atoms with Crippen molar-refractivity contribution in [1.29, 1.82) is 5.26 Å². The Morgan fingerprint density at radius 2 is 2.00 bits per heavy atom. The number of carbonyl (C=O) groups excluding carboxylic acids is 1. The Hall–Kier alpha value is -3.79. The summed E-state index contributed by atoms with van der Waals surface area (Å²) < 4.78 is 5.60. The molecule has 0 saturated heterocycles. The van der Waals surface area contributed by atoms with Gasteiger partial charge in [-0.3, -0.25) is 9.79 Å². The lowest BCUT2D eigenvalue weighted by Crippen LogP contribution is -2.16. The van der Waals surface area contributed by atoms with Crippen LogP contribution in [0.5, 0.6) is 0 Å². The fourth-order valence-electron chi connectivity index (χ4n) is 3.18. The molecule has 7 nitrogen and oxygen atoms in total. The van der Waals surface area contributed by atoms with E-state index in [2.05, 4.69) is 26.3 Å². The third-order valence-corrected chi connectivity index (χ3v) is 4.87. The molecular formula is C21H17N5O2. The first kappa shape index (κ1) is 17.6. The first-order valence-electron chi connectivity index (χ1n) is 8.76. The van der Waals surface area contributed by atoms with E-state index in [4.69, 9.17) is 9.68 Å². The van der Waals surface area contributed by atoms with E-state index in [0.717, 1.165) is 22.4 Å². The summed E-state index contributed by atoms with van der Waals surface area (Å²) in [6, 6.07) is 7.74. The van der Waals surface area contributed by atoms with Gasteiger partial charge in [-0.25, -0.2) is 9.97 Å². The van der Waals surface area contributed by atoms with E-state index in [9.17, 15) is 4.79 Å². The molecule has 28 heavy (non-hydrogen) atoms. The largest absolute Gasteiger partial charge is 0.439 e. The normalized spacial score (nSPS) is 12.3. The highest BCUT2D eigenvalue weighted by Crippen LogP contribution is 2.27. The second-order valence-electron chi connectivity index (χ2n) is 6.62. The van der Waals surface area contributed by atoms with Gasteiger partial charge in [-0.05, 0) is 42.7 Å².